The molecule has 0 aromatic heterocycles. The van der Waals surface area contributed by atoms with Gasteiger partial charge >= 0.3 is 5.91 Å². The van der Waals surface area contributed by atoms with Crippen LogP contribution in [0.2, 0.25) is 0 Å². The Morgan fingerprint density at radius 1 is 0.938 bits per heavy atom. The van der Waals surface area contributed by atoms with Crippen molar-refractivity contribution in [2.24, 2.45) is 4.99 Å². The first-order chi connectivity index (χ1) is 7.43. The van der Waals surface area contributed by atoms with Crippen LogP contribution in [-0.4, -0.2) is 39.9 Å². The van der Waals surface area contributed by atoms with Gasteiger partial charge in [-0.3, -0.25) is 24.0 Å². The van der Waals surface area contributed by atoms with Gasteiger partial charge in [0, 0.05) is 0 Å². The summed E-state index contributed by atoms with van der Waals surface area (Å²) in [6, 6.07) is 0. The Bertz CT molecular complexity index is 550. The highest BCUT2D eigenvalue weighted by Crippen LogP contribution is 2.20. The Labute approximate surface area is 87.5 Å². The maximum atomic E-state index is 11.3. The molecule has 0 spiro atoms. The molecule has 0 bridgehead atoms. The molecular weight excluding hydrogens is 218 g/mol. The summed E-state index contributed by atoms with van der Waals surface area (Å²) in [4.78, 5) is 58.4. The molecule has 16 heavy (non-hydrogen) atoms. The molecule has 1 amide bonds. The number of carbonyl (C=O) groups excluding carboxylic acids is 5. The molecule has 2 rings (SSSR count). The van der Waals surface area contributed by atoms with E-state index in [0.717, 1.165) is 0 Å². The average Bonchev–Trinajstić information content (AvgIpc) is 2.23. The fourth-order valence-electron chi connectivity index (χ4n) is 1.42. The second-order valence-electron chi connectivity index (χ2n) is 3.17. The number of ketones is 4. The number of hydrogen-bond acceptors (Lipinski definition) is 6. The van der Waals surface area contributed by atoms with E-state index in [1.165, 1.54) is 0 Å². The zero-order chi connectivity index (χ0) is 12.0. The average molecular weight is 221 g/mol. The largest absolute Gasteiger partial charge is 0.503 e. The minimum Gasteiger partial charge on any atom is -0.503 e. The molecule has 7 heteroatoms. The van der Waals surface area contributed by atoms with E-state index >= 15 is 0 Å². The standard InChI is InChI=1S/C9H3NO6/c11-3-1-2-4(6(13)5(3)12)7(14)8(15)9(16)10-2/h14H,1H2. The number of carbonyl (C=O) groups is 5. The lowest BCUT2D eigenvalue weighted by atomic mass is 9.86. The van der Waals surface area contributed by atoms with E-state index in [4.69, 9.17) is 0 Å². The number of Topliss-reactive ketones (excluding diaryl/α,β-unsaturated/α-hetero) is 4. The lowest BCUT2D eigenvalue weighted by Gasteiger charge is -2.17. The fourth-order valence-corrected chi connectivity index (χ4v) is 1.42. The van der Waals surface area contributed by atoms with Gasteiger partial charge in [0.1, 0.15) is 0 Å². The van der Waals surface area contributed by atoms with Crippen molar-refractivity contribution >= 4 is 34.8 Å². The van der Waals surface area contributed by atoms with Crippen LogP contribution in [-0.2, 0) is 24.0 Å². The molecule has 0 saturated heterocycles. The number of aliphatic imine (C=N–C) groups is 1. The van der Waals surface area contributed by atoms with Crippen molar-refractivity contribution in [3.63, 3.8) is 0 Å². The van der Waals surface area contributed by atoms with E-state index in [1.54, 1.807) is 0 Å². The van der Waals surface area contributed by atoms with Crippen molar-refractivity contribution in [3.8, 4) is 0 Å². The normalized spacial score (nSPS) is 21.2. The predicted octanol–water partition coefficient (Wildman–Crippen LogP) is -1.54. The molecule has 0 radical (unpaired) electrons. The lowest BCUT2D eigenvalue weighted by molar-refractivity contribution is -0.143. The summed E-state index contributed by atoms with van der Waals surface area (Å²) in [5, 5.41) is 9.26. The fraction of sp³-hybridized carbons (Fsp3) is 0.111. The van der Waals surface area contributed by atoms with Crippen molar-refractivity contribution < 1.29 is 29.1 Å². The van der Waals surface area contributed by atoms with Crippen LogP contribution in [0.1, 0.15) is 6.42 Å². The molecule has 1 aliphatic carbocycles. The van der Waals surface area contributed by atoms with E-state index in [1.807, 2.05) is 0 Å². The lowest BCUT2D eigenvalue weighted by Crippen LogP contribution is -2.41. The number of dihydropyridines is 1. The predicted molar refractivity (Wildman–Crippen MR) is 46.7 cm³/mol. The van der Waals surface area contributed by atoms with Gasteiger partial charge in [-0.05, 0) is 0 Å². The molecule has 0 aromatic rings. The summed E-state index contributed by atoms with van der Waals surface area (Å²) in [5.41, 5.74) is -0.953. The van der Waals surface area contributed by atoms with Crippen molar-refractivity contribution in [2.75, 3.05) is 0 Å². The Hall–Kier alpha value is -2.44. The van der Waals surface area contributed by atoms with Crippen molar-refractivity contribution in [1.29, 1.82) is 0 Å². The molecule has 1 N–H and O–H groups in total. The second-order valence-corrected chi connectivity index (χ2v) is 3.17. The molecule has 0 unspecified atom stereocenters. The number of amides is 1. The summed E-state index contributed by atoms with van der Waals surface area (Å²) < 4.78 is 0. The third kappa shape index (κ3) is 1.14. The van der Waals surface area contributed by atoms with Gasteiger partial charge in [-0.15, -0.1) is 0 Å². The summed E-state index contributed by atoms with van der Waals surface area (Å²) in [6.07, 6.45) is -0.553. The molecule has 0 atom stereocenters. The highest BCUT2D eigenvalue weighted by atomic mass is 16.3. The van der Waals surface area contributed by atoms with Crippen LogP contribution < -0.4 is 0 Å². The monoisotopic (exact) mass is 221 g/mol. The van der Waals surface area contributed by atoms with E-state index in [-0.39, 0.29) is 5.71 Å². The molecule has 1 fully saturated rings. The Morgan fingerprint density at radius 2 is 1.56 bits per heavy atom. The Kier molecular flexibility index (Phi) is 1.91. The van der Waals surface area contributed by atoms with Crippen LogP contribution in [0.5, 0.6) is 0 Å². The van der Waals surface area contributed by atoms with Gasteiger partial charge in [-0.2, -0.15) is 0 Å². The highest BCUT2D eigenvalue weighted by molar-refractivity contribution is 6.75. The third-order valence-electron chi connectivity index (χ3n) is 2.19. The molecule has 1 saturated carbocycles. The van der Waals surface area contributed by atoms with Gasteiger partial charge in [-0.1, -0.05) is 0 Å². The van der Waals surface area contributed by atoms with Crippen LogP contribution in [0, 0.1) is 0 Å². The second kappa shape index (κ2) is 3.02. The quantitative estimate of drug-likeness (QED) is 0.495. The Morgan fingerprint density at radius 3 is 2.19 bits per heavy atom. The summed E-state index contributed by atoms with van der Waals surface area (Å²) >= 11 is 0. The van der Waals surface area contributed by atoms with Gasteiger partial charge in [0.25, 0.3) is 11.6 Å². The minimum atomic E-state index is -1.35. The first kappa shape index (κ1) is 10.1. The van der Waals surface area contributed by atoms with Crippen LogP contribution >= 0.6 is 0 Å². The molecular formula is C9H3NO6. The first-order valence-electron chi connectivity index (χ1n) is 4.15. The van der Waals surface area contributed by atoms with Gasteiger partial charge < -0.3 is 5.11 Å². The molecule has 1 aliphatic heterocycles. The number of hydrogen-bond donors (Lipinski definition) is 1. The summed E-state index contributed by atoms with van der Waals surface area (Å²) in [7, 11) is 0. The van der Waals surface area contributed by atoms with Crippen molar-refractivity contribution in [2.45, 2.75) is 6.42 Å². The van der Waals surface area contributed by atoms with Crippen LogP contribution in [0.15, 0.2) is 16.3 Å². The zero-order valence-electron chi connectivity index (χ0n) is 7.64. The van der Waals surface area contributed by atoms with Crippen LogP contribution in [0.25, 0.3) is 0 Å². The maximum absolute atomic E-state index is 11.3. The first-order valence-corrected chi connectivity index (χ1v) is 4.15. The van der Waals surface area contributed by atoms with Crippen molar-refractivity contribution in [3.05, 3.63) is 11.3 Å². The van der Waals surface area contributed by atoms with E-state index < -0.39 is 46.8 Å². The maximum Gasteiger partial charge on any atom is 0.321 e. The molecule has 80 valence electrons. The molecule has 7 nitrogen and oxygen atoms in total. The summed E-state index contributed by atoms with van der Waals surface area (Å²) in [5.74, 6) is -7.35. The van der Waals surface area contributed by atoms with Gasteiger partial charge in [-0.25, -0.2) is 4.99 Å². The van der Waals surface area contributed by atoms with E-state index in [0.29, 0.717) is 0 Å². The van der Waals surface area contributed by atoms with E-state index in [9.17, 15) is 29.1 Å². The van der Waals surface area contributed by atoms with Gasteiger partial charge in [0.15, 0.2) is 5.76 Å². The number of nitrogens with zero attached hydrogens (tertiary/aromatic N) is 1. The van der Waals surface area contributed by atoms with Crippen LogP contribution in [0.4, 0.5) is 0 Å². The molecule has 1 heterocycles. The molecule has 2 aliphatic rings. The third-order valence-corrected chi connectivity index (χ3v) is 2.19. The highest BCUT2D eigenvalue weighted by Gasteiger charge is 2.43. The topological polar surface area (TPSA) is 118 Å². The number of allylic oxidation sites excluding steroid dienone is 1. The van der Waals surface area contributed by atoms with Gasteiger partial charge in [0.05, 0.1) is 17.7 Å². The smallest absolute Gasteiger partial charge is 0.321 e. The summed E-state index contributed by atoms with van der Waals surface area (Å²) in [6.45, 7) is 0. The number of rotatable bonds is 0. The number of aliphatic hydroxyl groups excluding tert-OH is 1. The Balaban J connectivity index is 2.65. The number of aliphatic hydroxyl groups is 1. The number of fused-ring (bicyclic) bond motifs is 1. The zero-order valence-corrected chi connectivity index (χ0v) is 7.64. The molecule has 0 aromatic carbocycles. The van der Waals surface area contributed by atoms with E-state index in [2.05, 4.69) is 4.99 Å². The SMILES string of the molecule is O=C1CC2=NC(=O)C(=O)C(O)=C2C(=O)C1=O. The van der Waals surface area contributed by atoms with Gasteiger partial charge in [0.2, 0.25) is 11.6 Å². The van der Waals surface area contributed by atoms with Crippen LogP contribution in [0.3, 0.4) is 0 Å². The minimum absolute atomic E-state index is 0.322. The van der Waals surface area contributed by atoms with Crippen molar-refractivity contribution in [1.82, 2.24) is 0 Å².